The van der Waals surface area contributed by atoms with Gasteiger partial charge >= 0.3 is 0 Å². The Labute approximate surface area is 152 Å². The summed E-state index contributed by atoms with van der Waals surface area (Å²) >= 11 is 0. The van der Waals surface area contributed by atoms with Crippen LogP contribution < -0.4 is 10.6 Å². The Balaban J connectivity index is 1.84. The molecule has 0 spiro atoms. The van der Waals surface area contributed by atoms with Gasteiger partial charge in [0.2, 0.25) is 15.9 Å². The second kappa shape index (κ2) is 8.23. The predicted octanol–water partition coefficient (Wildman–Crippen LogP) is -0.301. The Bertz CT molecular complexity index is 879. The summed E-state index contributed by atoms with van der Waals surface area (Å²) in [5.41, 5.74) is 1.87. The highest BCUT2D eigenvalue weighted by atomic mass is 32.2. The highest BCUT2D eigenvalue weighted by molar-refractivity contribution is 7.88. The lowest BCUT2D eigenvalue weighted by Crippen LogP contribution is -2.39. The summed E-state index contributed by atoms with van der Waals surface area (Å²) in [5, 5.41) is 10.1. The fourth-order valence-electron chi connectivity index (χ4n) is 2.19. The fourth-order valence-corrected chi connectivity index (χ4v) is 2.54. The Morgan fingerprint density at radius 2 is 1.96 bits per heavy atom. The largest absolute Gasteiger partial charge is 0.368 e. The number of aryl methyl sites for hydroxylation is 2. The van der Waals surface area contributed by atoms with Crippen molar-refractivity contribution in [1.29, 1.82) is 0 Å². The number of hydrogen-bond acceptors (Lipinski definition) is 7. The summed E-state index contributed by atoms with van der Waals surface area (Å²) in [7, 11) is -2.02. The van der Waals surface area contributed by atoms with Crippen LogP contribution in [0.25, 0.3) is 5.82 Å². The summed E-state index contributed by atoms with van der Waals surface area (Å²) in [6.07, 6.45) is 2.49. The summed E-state index contributed by atoms with van der Waals surface area (Å²) < 4.78 is 25.3. The van der Waals surface area contributed by atoms with Crippen LogP contribution in [0.1, 0.15) is 11.4 Å². The van der Waals surface area contributed by atoms with Gasteiger partial charge in [0.15, 0.2) is 5.82 Å². The summed E-state index contributed by atoms with van der Waals surface area (Å²) in [4.78, 5) is 20.1. The number of amides is 1. The number of nitrogens with zero attached hydrogens (tertiary/aromatic N) is 5. The molecule has 0 radical (unpaired) electrons. The van der Waals surface area contributed by atoms with Gasteiger partial charge in [0.1, 0.15) is 12.1 Å². The van der Waals surface area contributed by atoms with Crippen LogP contribution in [0.15, 0.2) is 18.5 Å². The van der Waals surface area contributed by atoms with Gasteiger partial charge in [0.25, 0.3) is 0 Å². The van der Waals surface area contributed by atoms with Crippen molar-refractivity contribution in [1.82, 2.24) is 29.4 Å². The average molecular weight is 381 g/mol. The number of anilines is 1. The monoisotopic (exact) mass is 381 g/mol. The van der Waals surface area contributed by atoms with Crippen molar-refractivity contribution in [2.24, 2.45) is 0 Å². The molecule has 26 heavy (non-hydrogen) atoms. The van der Waals surface area contributed by atoms with Crippen molar-refractivity contribution in [3.8, 4) is 5.82 Å². The molecule has 1 amide bonds. The zero-order valence-corrected chi connectivity index (χ0v) is 16.0. The molecule has 2 heterocycles. The molecule has 2 aromatic heterocycles. The number of aromatic nitrogens is 4. The third-order valence-electron chi connectivity index (χ3n) is 3.56. The first kappa shape index (κ1) is 19.8. The molecule has 0 saturated carbocycles. The van der Waals surface area contributed by atoms with Gasteiger partial charge in [-0.25, -0.2) is 23.1 Å². The summed E-state index contributed by atoms with van der Waals surface area (Å²) in [6.45, 7) is 4.40. The topological polar surface area (TPSA) is 122 Å². The molecule has 2 N–H and O–H groups in total. The Morgan fingerprint density at radius 3 is 2.58 bits per heavy atom. The molecule has 0 aromatic carbocycles. The average Bonchev–Trinajstić information content (AvgIpc) is 2.89. The van der Waals surface area contributed by atoms with Gasteiger partial charge in [0.05, 0.1) is 18.5 Å². The molecule has 142 valence electrons. The second-order valence-electron chi connectivity index (χ2n) is 5.90. The maximum atomic E-state index is 11.7. The van der Waals surface area contributed by atoms with Crippen LogP contribution in [0.2, 0.25) is 0 Å². The number of sulfonamides is 1. The smallest absolute Gasteiger partial charge is 0.235 e. The van der Waals surface area contributed by atoms with Crippen molar-refractivity contribution >= 4 is 21.7 Å². The van der Waals surface area contributed by atoms with E-state index < -0.39 is 10.0 Å². The SMILES string of the molecule is Cc1cc(C)n(-c2cc(NCCNC(=O)CN(C)S(C)(=O)=O)ncn2)n1. The standard InChI is InChI=1S/C15H23N7O3S/c1-11-7-12(2)22(20-11)14-8-13(18-10-19-14)16-5-6-17-15(23)9-21(3)26(4,24)25/h7-8,10H,5-6,9H2,1-4H3,(H,17,23)(H,16,18,19). The maximum absolute atomic E-state index is 11.7. The molecule has 2 aromatic rings. The lowest BCUT2D eigenvalue weighted by molar-refractivity contribution is -0.121. The molecule has 0 aliphatic rings. The molecule has 0 fully saturated rings. The minimum absolute atomic E-state index is 0.214. The molecular formula is C15H23N7O3S. The predicted molar refractivity (Wildman–Crippen MR) is 97.6 cm³/mol. The van der Waals surface area contributed by atoms with Crippen LogP contribution in [-0.2, 0) is 14.8 Å². The third-order valence-corrected chi connectivity index (χ3v) is 4.83. The summed E-state index contributed by atoms with van der Waals surface area (Å²) in [5.74, 6) is 0.878. The van der Waals surface area contributed by atoms with Crippen molar-refractivity contribution in [3.05, 3.63) is 29.8 Å². The van der Waals surface area contributed by atoms with E-state index >= 15 is 0 Å². The van der Waals surface area contributed by atoms with Crippen LogP contribution in [0.5, 0.6) is 0 Å². The van der Waals surface area contributed by atoms with Gasteiger partial charge in [-0.1, -0.05) is 0 Å². The first-order valence-electron chi connectivity index (χ1n) is 7.94. The molecular weight excluding hydrogens is 358 g/mol. The molecule has 0 atom stereocenters. The van der Waals surface area contributed by atoms with Gasteiger partial charge in [-0.15, -0.1) is 0 Å². The molecule has 2 rings (SSSR count). The molecule has 0 aliphatic carbocycles. The zero-order valence-electron chi connectivity index (χ0n) is 15.2. The quantitative estimate of drug-likeness (QED) is 0.602. The number of carbonyl (C=O) groups excluding carboxylic acids is 1. The minimum atomic E-state index is -3.37. The Morgan fingerprint density at radius 1 is 1.23 bits per heavy atom. The van der Waals surface area contributed by atoms with Gasteiger partial charge < -0.3 is 10.6 Å². The summed E-state index contributed by atoms with van der Waals surface area (Å²) in [6, 6.07) is 3.72. The van der Waals surface area contributed by atoms with Crippen LogP contribution in [0.4, 0.5) is 5.82 Å². The van der Waals surface area contributed by atoms with Gasteiger partial charge in [-0.05, 0) is 19.9 Å². The van der Waals surface area contributed by atoms with Gasteiger partial charge in [0, 0.05) is 31.9 Å². The van der Waals surface area contributed by atoms with E-state index in [1.165, 1.54) is 13.4 Å². The van der Waals surface area contributed by atoms with E-state index in [0.717, 1.165) is 21.9 Å². The maximum Gasteiger partial charge on any atom is 0.235 e. The molecule has 0 aliphatic heterocycles. The molecule has 0 bridgehead atoms. The lowest BCUT2D eigenvalue weighted by atomic mass is 10.4. The first-order valence-corrected chi connectivity index (χ1v) is 9.79. The molecule has 0 saturated heterocycles. The number of rotatable bonds is 8. The fraction of sp³-hybridized carbons (Fsp3) is 0.467. The van der Waals surface area contributed by atoms with Crippen molar-refractivity contribution < 1.29 is 13.2 Å². The van der Waals surface area contributed by atoms with Crippen molar-refractivity contribution in [2.45, 2.75) is 13.8 Å². The van der Waals surface area contributed by atoms with E-state index in [1.54, 1.807) is 10.7 Å². The minimum Gasteiger partial charge on any atom is -0.368 e. The second-order valence-corrected chi connectivity index (χ2v) is 7.99. The normalized spacial score (nSPS) is 11.6. The van der Waals surface area contributed by atoms with Crippen LogP contribution in [-0.4, -0.2) is 71.3 Å². The highest BCUT2D eigenvalue weighted by Crippen LogP contribution is 2.11. The van der Waals surface area contributed by atoms with E-state index in [0.29, 0.717) is 24.7 Å². The number of likely N-dealkylation sites (N-methyl/N-ethyl adjacent to an activating group) is 1. The number of carbonyl (C=O) groups is 1. The Hall–Kier alpha value is -2.53. The number of nitrogens with one attached hydrogen (secondary N) is 2. The Kier molecular flexibility index (Phi) is 6.27. The highest BCUT2D eigenvalue weighted by Gasteiger charge is 2.14. The van der Waals surface area contributed by atoms with Gasteiger partial charge in [-0.3, -0.25) is 4.79 Å². The number of hydrogen-bond donors (Lipinski definition) is 2. The lowest BCUT2D eigenvalue weighted by Gasteiger charge is -2.14. The van der Waals surface area contributed by atoms with E-state index in [9.17, 15) is 13.2 Å². The van der Waals surface area contributed by atoms with Crippen LogP contribution >= 0.6 is 0 Å². The molecule has 11 heteroatoms. The third kappa shape index (κ3) is 5.49. The van der Waals surface area contributed by atoms with Crippen LogP contribution in [0.3, 0.4) is 0 Å². The van der Waals surface area contributed by atoms with E-state index in [1.807, 2.05) is 19.9 Å². The van der Waals surface area contributed by atoms with Crippen LogP contribution in [0, 0.1) is 13.8 Å². The molecule has 0 unspecified atom stereocenters. The van der Waals surface area contributed by atoms with E-state index in [-0.39, 0.29) is 12.5 Å². The zero-order chi connectivity index (χ0) is 19.3. The van der Waals surface area contributed by atoms with E-state index in [4.69, 9.17) is 0 Å². The van der Waals surface area contributed by atoms with Gasteiger partial charge in [-0.2, -0.15) is 9.40 Å². The van der Waals surface area contributed by atoms with E-state index in [2.05, 4.69) is 25.7 Å². The molecule has 10 nitrogen and oxygen atoms in total. The van der Waals surface area contributed by atoms with Crippen molar-refractivity contribution in [2.75, 3.05) is 38.3 Å². The first-order chi connectivity index (χ1) is 12.2. The van der Waals surface area contributed by atoms with Crippen molar-refractivity contribution in [3.63, 3.8) is 0 Å².